The fourth-order valence-corrected chi connectivity index (χ4v) is 4.25. The molecule has 1 aliphatic carbocycles. The fraction of sp³-hybridized carbons (Fsp3) is 0.647. The number of thiophene rings is 1. The first-order chi connectivity index (χ1) is 10.5. The summed E-state index contributed by atoms with van der Waals surface area (Å²) in [5, 5.41) is 15.1. The summed E-state index contributed by atoms with van der Waals surface area (Å²) < 4.78 is 0. The maximum absolute atomic E-state index is 10.5. The van der Waals surface area contributed by atoms with Gasteiger partial charge < -0.3 is 10.4 Å². The van der Waals surface area contributed by atoms with Gasteiger partial charge in [-0.05, 0) is 50.5 Å². The first-order valence-electron chi connectivity index (χ1n) is 8.18. The molecule has 2 heterocycles. The van der Waals surface area contributed by atoms with Crippen molar-refractivity contribution >= 4 is 27.4 Å². The van der Waals surface area contributed by atoms with Gasteiger partial charge in [-0.2, -0.15) is 0 Å². The smallest absolute Gasteiger partial charge is 0.138 e. The minimum Gasteiger partial charge on any atom is -0.388 e. The molecule has 5 heteroatoms. The highest BCUT2D eigenvalue weighted by Crippen LogP contribution is 2.39. The number of nitrogens with one attached hydrogen (secondary N) is 1. The molecule has 1 atom stereocenters. The van der Waals surface area contributed by atoms with Crippen LogP contribution in [-0.4, -0.2) is 27.2 Å². The van der Waals surface area contributed by atoms with Gasteiger partial charge in [0, 0.05) is 11.4 Å². The van der Waals surface area contributed by atoms with Crippen molar-refractivity contribution in [2.45, 2.75) is 58.5 Å². The summed E-state index contributed by atoms with van der Waals surface area (Å²) in [7, 11) is 0. The Bertz CT molecular complexity index is 663. The Morgan fingerprint density at radius 2 is 2.18 bits per heavy atom. The van der Waals surface area contributed by atoms with E-state index in [4.69, 9.17) is 0 Å². The Morgan fingerprint density at radius 1 is 1.36 bits per heavy atom. The van der Waals surface area contributed by atoms with Crippen molar-refractivity contribution in [2.75, 3.05) is 11.9 Å². The summed E-state index contributed by atoms with van der Waals surface area (Å²) in [5.74, 6) is 1.49. The molecule has 1 aliphatic rings. The van der Waals surface area contributed by atoms with Crippen molar-refractivity contribution in [1.82, 2.24) is 9.97 Å². The maximum atomic E-state index is 10.5. The number of hydrogen-bond acceptors (Lipinski definition) is 5. The third-order valence-corrected chi connectivity index (χ3v) is 5.60. The van der Waals surface area contributed by atoms with E-state index in [9.17, 15) is 5.11 Å². The van der Waals surface area contributed by atoms with Crippen molar-refractivity contribution in [3.05, 3.63) is 16.8 Å². The predicted molar refractivity (Wildman–Crippen MR) is 92.6 cm³/mol. The van der Waals surface area contributed by atoms with Gasteiger partial charge in [0.15, 0.2) is 0 Å². The maximum Gasteiger partial charge on any atom is 0.138 e. The Hall–Kier alpha value is -1.20. The lowest BCUT2D eigenvalue weighted by Gasteiger charge is -2.25. The standard InChI is InChI=1S/C17H25N3OS/c1-11(2)7-8-17(3,21)9-18-15-14-12-5-4-6-13(12)22-16(14)20-10-19-15/h10-11,21H,4-9H2,1-3H3,(H,18,19,20)/t17-/m1/s1. The molecule has 0 radical (unpaired) electrons. The van der Waals surface area contributed by atoms with Crippen LogP contribution in [0.25, 0.3) is 10.2 Å². The van der Waals surface area contributed by atoms with Gasteiger partial charge >= 0.3 is 0 Å². The molecule has 22 heavy (non-hydrogen) atoms. The molecule has 0 fully saturated rings. The van der Waals surface area contributed by atoms with Crippen LogP contribution in [0.1, 0.15) is 50.5 Å². The van der Waals surface area contributed by atoms with Gasteiger partial charge in [-0.25, -0.2) is 9.97 Å². The van der Waals surface area contributed by atoms with Gasteiger partial charge in [-0.15, -0.1) is 11.3 Å². The van der Waals surface area contributed by atoms with Crippen molar-refractivity contribution in [3.63, 3.8) is 0 Å². The van der Waals surface area contributed by atoms with Gasteiger partial charge in [-0.1, -0.05) is 13.8 Å². The van der Waals surface area contributed by atoms with E-state index in [0.29, 0.717) is 12.5 Å². The normalized spacial score (nSPS) is 17.0. The molecule has 2 aromatic heterocycles. The van der Waals surface area contributed by atoms with E-state index < -0.39 is 5.60 Å². The Kier molecular flexibility index (Phi) is 4.37. The quantitative estimate of drug-likeness (QED) is 0.851. The van der Waals surface area contributed by atoms with Crippen molar-refractivity contribution < 1.29 is 5.11 Å². The SMILES string of the molecule is CC(C)CC[C@@](C)(O)CNc1ncnc2sc3c(c12)CCC3. The zero-order valence-electron chi connectivity index (χ0n) is 13.6. The molecule has 0 aliphatic heterocycles. The van der Waals surface area contributed by atoms with E-state index in [2.05, 4.69) is 29.1 Å². The number of aryl methyl sites for hydroxylation is 2. The summed E-state index contributed by atoms with van der Waals surface area (Å²) in [6.45, 7) is 6.80. The van der Waals surface area contributed by atoms with E-state index >= 15 is 0 Å². The molecule has 3 rings (SSSR count). The molecule has 0 unspecified atom stereocenters. The Morgan fingerprint density at radius 3 is 2.95 bits per heavy atom. The molecule has 0 saturated carbocycles. The molecule has 2 aromatic rings. The average molecular weight is 319 g/mol. The van der Waals surface area contributed by atoms with Gasteiger partial charge in [0.25, 0.3) is 0 Å². The summed E-state index contributed by atoms with van der Waals surface area (Å²) in [4.78, 5) is 11.4. The lowest BCUT2D eigenvalue weighted by atomic mass is 9.95. The van der Waals surface area contributed by atoms with Crippen LogP contribution >= 0.6 is 11.3 Å². The second-order valence-corrected chi connectivity index (χ2v) is 8.13. The summed E-state index contributed by atoms with van der Waals surface area (Å²) in [5.41, 5.74) is 0.714. The van der Waals surface area contributed by atoms with Crippen LogP contribution in [0.15, 0.2) is 6.33 Å². The monoisotopic (exact) mass is 319 g/mol. The third kappa shape index (κ3) is 3.25. The summed E-state index contributed by atoms with van der Waals surface area (Å²) >= 11 is 1.79. The number of rotatable bonds is 6. The van der Waals surface area contributed by atoms with Crippen LogP contribution in [0.4, 0.5) is 5.82 Å². The van der Waals surface area contributed by atoms with Gasteiger partial charge in [0.2, 0.25) is 0 Å². The topological polar surface area (TPSA) is 58.0 Å². The molecular weight excluding hydrogens is 294 g/mol. The summed E-state index contributed by atoms with van der Waals surface area (Å²) in [6.07, 6.45) is 6.98. The molecule has 0 saturated heterocycles. The van der Waals surface area contributed by atoms with Gasteiger partial charge in [0.1, 0.15) is 17.0 Å². The summed E-state index contributed by atoms with van der Waals surface area (Å²) in [6, 6.07) is 0. The number of hydrogen-bond donors (Lipinski definition) is 2. The molecular formula is C17H25N3OS. The lowest BCUT2D eigenvalue weighted by molar-refractivity contribution is 0.0586. The molecule has 2 N–H and O–H groups in total. The molecule has 120 valence electrons. The highest BCUT2D eigenvalue weighted by Gasteiger charge is 2.24. The first kappa shape index (κ1) is 15.7. The van der Waals surface area contributed by atoms with E-state index in [1.807, 2.05) is 6.92 Å². The van der Waals surface area contributed by atoms with Crippen LogP contribution in [0.5, 0.6) is 0 Å². The minimum absolute atomic E-state index is 0.524. The fourth-order valence-electron chi connectivity index (χ4n) is 3.02. The van der Waals surface area contributed by atoms with Gasteiger partial charge in [0.05, 0.1) is 11.0 Å². The number of aliphatic hydroxyl groups is 1. The third-order valence-electron chi connectivity index (χ3n) is 4.40. The second kappa shape index (κ2) is 6.13. The number of aromatic nitrogens is 2. The Balaban J connectivity index is 1.77. The van der Waals surface area contributed by atoms with Crippen LogP contribution in [0.3, 0.4) is 0 Å². The van der Waals surface area contributed by atoms with Crippen LogP contribution in [0, 0.1) is 5.92 Å². The van der Waals surface area contributed by atoms with E-state index in [1.54, 1.807) is 17.7 Å². The van der Waals surface area contributed by atoms with Crippen LogP contribution < -0.4 is 5.32 Å². The zero-order valence-corrected chi connectivity index (χ0v) is 14.5. The second-order valence-electron chi connectivity index (χ2n) is 7.04. The van der Waals surface area contributed by atoms with E-state index in [-0.39, 0.29) is 0 Å². The number of anilines is 1. The molecule has 0 aromatic carbocycles. The Labute approximate surface area is 136 Å². The number of nitrogens with zero attached hydrogens (tertiary/aromatic N) is 2. The van der Waals surface area contributed by atoms with Crippen LogP contribution in [-0.2, 0) is 12.8 Å². The first-order valence-corrected chi connectivity index (χ1v) is 8.99. The van der Waals surface area contributed by atoms with E-state index in [0.717, 1.165) is 29.9 Å². The largest absolute Gasteiger partial charge is 0.388 e. The highest BCUT2D eigenvalue weighted by molar-refractivity contribution is 7.19. The van der Waals surface area contributed by atoms with Gasteiger partial charge in [-0.3, -0.25) is 0 Å². The lowest BCUT2D eigenvalue weighted by Crippen LogP contribution is -2.34. The number of fused-ring (bicyclic) bond motifs is 3. The van der Waals surface area contributed by atoms with E-state index in [1.165, 1.54) is 28.7 Å². The van der Waals surface area contributed by atoms with Crippen molar-refractivity contribution in [2.24, 2.45) is 5.92 Å². The molecule has 0 bridgehead atoms. The zero-order chi connectivity index (χ0) is 15.7. The average Bonchev–Trinajstić information content (AvgIpc) is 3.03. The van der Waals surface area contributed by atoms with Crippen molar-refractivity contribution in [1.29, 1.82) is 0 Å². The molecule has 4 nitrogen and oxygen atoms in total. The molecule has 0 amide bonds. The van der Waals surface area contributed by atoms with Crippen LogP contribution in [0.2, 0.25) is 0 Å². The van der Waals surface area contributed by atoms with Crippen molar-refractivity contribution in [3.8, 4) is 0 Å². The molecule has 0 spiro atoms. The predicted octanol–water partition coefficient (Wildman–Crippen LogP) is 3.78. The highest BCUT2D eigenvalue weighted by atomic mass is 32.1. The minimum atomic E-state index is -0.708.